The molecule has 0 unspecified atom stereocenters. The van der Waals surface area contributed by atoms with Crippen LogP contribution in [0.4, 0.5) is 0 Å². The highest BCUT2D eigenvalue weighted by atomic mass is 32.2. The monoisotopic (exact) mass is 379 g/mol. The van der Waals surface area contributed by atoms with E-state index in [2.05, 4.69) is 9.97 Å². The molecule has 1 saturated heterocycles. The van der Waals surface area contributed by atoms with Crippen molar-refractivity contribution in [1.82, 2.24) is 14.3 Å². The molecule has 8 nitrogen and oxygen atoms in total. The highest BCUT2D eigenvalue weighted by Crippen LogP contribution is 2.31. The zero-order chi connectivity index (χ0) is 18.7. The molecular formula is C17H21N3O5S. The van der Waals surface area contributed by atoms with Crippen LogP contribution in [-0.2, 0) is 10.0 Å². The van der Waals surface area contributed by atoms with E-state index in [9.17, 15) is 8.42 Å². The molecule has 1 aliphatic rings. The van der Waals surface area contributed by atoms with Gasteiger partial charge in [0, 0.05) is 18.9 Å². The van der Waals surface area contributed by atoms with Gasteiger partial charge >= 0.3 is 0 Å². The molecule has 0 aliphatic carbocycles. The van der Waals surface area contributed by atoms with Crippen molar-refractivity contribution >= 4 is 10.0 Å². The number of sulfonamides is 1. The number of ether oxygens (including phenoxy) is 3. The van der Waals surface area contributed by atoms with Crippen molar-refractivity contribution in [3.05, 3.63) is 36.2 Å². The fraction of sp³-hybridized carbons (Fsp3) is 0.412. The SMILES string of the molecule is COc1ccc(C)cc1S(=O)(=O)N1CC[C@@H](Oc2nccnc2OC)C1. The Bertz CT molecular complexity index is 888. The molecule has 140 valence electrons. The summed E-state index contributed by atoms with van der Waals surface area (Å²) < 4.78 is 43.6. The maximum absolute atomic E-state index is 13.0. The van der Waals surface area contributed by atoms with Crippen LogP contribution in [0.15, 0.2) is 35.5 Å². The van der Waals surface area contributed by atoms with Crippen LogP contribution in [0.1, 0.15) is 12.0 Å². The van der Waals surface area contributed by atoms with Crippen molar-refractivity contribution in [2.24, 2.45) is 0 Å². The predicted molar refractivity (Wildman–Crippen MR) is 94.1 cm³/mol. The van der Waals surface area contributed by atoms with Gasteiger partial charge in [0.05, 0.1) is 20.8 Å². The van der Waals surface area contributed by atoms with E-state index in [-0.39, 0.29) is 29.3 Å². The van der Waals surface area contributed by atoms with Crippen LogP contribution in [0.3, 0.4) is 0 Å². The van der Waals surface area contributed by atoms with Crippen molar-refractivity contribution in [2.75, 3.05) is 27.3 Å². The summed E-state index contributed by atoms with van der Waals surface area (Å²) in [6.07, 6.45) is 3.22. The Balaban J connectivity index is 1.79. The lowest BCUT2D eigenvalue weighted by Crippen LogP contribution is -2.31. The smallest absolute Gasteiger partial charge is 0.278 e. The molecule has 1 aliphatic heterocycles. The third-order valence-corrected chi connectivity index (χ3v) is 6.04. The topological polar surface area (TPSA) is 90.9 Å². The summed E-state index contributed by atoms with van der Waals surface area (Å²) in [5.74, 6) is 0.858. The van der Waals surface area contributed by atoms with Crippen LogP contribution < -0.4 is 14.2 Å². The summed E-state index contributed by atoms with van der Waals surface area (Å²) >= 11 is 0. The molecule has 1 atom stereocenters. The van der Waals surface area contributed by atoms with Crippen molar-refractivity contribution in [2.45, 2.75) is 24.3 Å². The van der Waals surface area contributed by atoms with E-state index >= 15 is 0 Å². The van der Waals surface area contributed by atoms with Crippen LogP contribution >= 0.6 is 0 Å². The molecule has 2 heterocycles. The standard InChI is InChI=1S/C17H21N3O5S/c1-12-4-5-14(23-2)15(10-12)26(21,22)20-9-6-13(11-20)25-17-16(24-3)18-7-8-19-17/h4-5,7-8,10,13H,6,9,11H2,1-3H3/t13-/m1/s1. The molecule has 26 heavy (non-hydrogen) atoms. The molecule has 0 spiro atoms. The van der Waals surface area contributed by atoms with Gasteiger partial charge in [-0.25, -0.2) is 18.4 Å². The van der Waals surface area contributed by atoms with Crippen molar-refractivity contribution in [1.29, 1.82) is 0 Å². The molecule has 1 fully saturated rings. The number of aryl methyl sites for hydroxylation is 1. The Morgan fingerprint density at radius 3 is 2.54 bits per heavy atom. The second kappa shape index (κ2) is 7.46. The molecule has 0 bridgehead atoms. The van der Waals surface area contributed by atoms with Gasteiger partial charge in [-0.3, -0.25) is 0 Å². The van der Waals surface area contributed by atoms with E-state index in [1.807, 2.05) is 13.0 Å². The van der Waals surface area contributed by atoms with E-state index in [0.717, 1.165) is 5.56 Å². The molecule has 1 aromatic heterocycles. The fourth-order valence-electron chi connectivity index (χ4n) is 2.83. The Labute approximate surface area is 152 Å². The lowest BCUT2D eigenvalue weighted by atomic mass is 10.2. The van der Waals surface area contributed by atoms with Gasteiger partial charge in [0.25, 0.3) is 11.8 Å². The van der Waals surface area contributed by atoms with Crippen LogP contribution in [0.2, 0.25) is 0 Å². The van der Waals surface area contributed by atoms with Gasteiger partial charge in [-0.15, -0.1) is 0 Å². The highest BCUT2D eigenvalue weighted by Gasteiger charge is 2.36. The minimum absolute atomic E-state index is 0.165. The van der Waals surface area contributed by atoms with Crippen LogP contribution in [-0.4, -0.2) is 56.1 Å². The van der Waals surface area contributed by atoms with Crippen LogP contribution in [0.5, 0.6) is 17.5 Å². The van der Waals surface area contributed by atoms with E-state index < -0.39 is 10.0 Å². The lowest BCUT2D eigenvalue weighted by molar-refractivity contribution is 0.194. The normalized spacial score (nSPS) is 17.9. The molecule has 2 aromatic rings. The largest absolute Gasteiger partial charge is 0.495 e. The van der Waals surface area contributed by atoms with Gasteiger partial charge < -0.3 is 14.2 Å². The molecule has 0 radical (unpaired) electrons. The minimum atomic E-state index is -3.68. The van der Waals surface area contributed by atoms with Gasteiger partial charge in [0.1, 0.15) is 16.7 Å². The van der Waals surface area contributed by atoms with E-state index in [1.165, 1.54) is 30.9 Å². The average Bonchev–Trinajstić information content (AvgIpc) is 3.11. The highest BCUT2D eigenvalue weighted by molar-refractivity contribution is 7.89. The first-order valence-electron chi connectivity index (χ1n) is 8.12. The van der Waals surface area contributed by atoms with E-state index in [1.54, 1.807) is 12.1 Å². The number of hydrogen-bond donors (Lipinski definition) is 0. The summed E-state index contributed by atoms with van der Waals surface area (Å²) in [7, 11) is -0.747. The van der Waals surface area contributed by atoms with E-state index in [4.69, 9.17) is 14.2 Å². The number of methoxy groups -OCH3 is 2. The molecule has 0 amide bonds. The van der Waals surface area contributed by atoms with Gasteiger partial charge in [0.15, 0.2) is 0 Å². The number of hydrogen-bond acceptors (Lipinski definition) is 7. The molecule has 1 aromatic carbocycles. The van der Waals surface area contributed by atoms with Gasteiger partial charge in [-0.05, 0) is 31.0 Å². The quantitative estimate of drug-likeness (QED) is 0.753. The molecule has 3 rings (SSSR count). The van der Waals surface area contributed by atoms with Crippen LogP contribution in [0.25, 0.3) is 0 Å². The maximum atomic E-state index is 13.0. The molecule has 0 N–H and O–H groups in total. The van der Waals surface area contributed by atoms with Crippen LogP contribution in [0, 0.1) is 6.92 Å². The molecular weight excluding hydrogens is 358 g/mol. The summed E-state index contributed by atoms with van der Waals surface area (Å²) in [4.78, 5) is 8.29. The van der Waals surface area contributed by atoms with Crippen molar-refractivity contribution in [3.63, 3.8) is 0 Å². The first kappa shape index (κ1) is 18.4. The molecule has 9 heteroatoms. The Morgan fingerprint density at radius 1 is 1.12 bits per heavy atom. The second-order valence-corrected chi connectivity index (χ2v) is 7.82. The zero-order valence-corrected chi connectivity index (χ0v) is 15.7. The maximum Gasteiger partial charge on any atom is 0.278 e. The average molecular weight is 379 g/mol. The zero-order valence-electron chi connectivity index (χ0n) is 14.9. The van der Waals surface area contributed by atoms with Crippen molar-refractivity contribution in [3.8, 4) is 17.5 Å². The van der Waals surface area contributed by atoms with E-state index in [0.29, 0.717) is 18.7 Å². The first-order chi connectivity index (χ1) is 12.5. The first-order valence-corrected chi connectivity index (χ1v) is 9.56. The fourth-order valence-corrected chi connectivity index (χ4v) is 4.55. The summed E-state index contributed by atoms with van der Waals surface area (Å²) in [6.45, 7) is 2.42. The molecule has 0 saturated carbocycles. The number of benzene rings is 1. The Morgan fingerprint density at radius 2 is 1.85 bits per heavy atom. The van der Waals surface area contributed by atoms with Gasteiger partial charge in [-0.2, -0.15) is 4.31 Å². The minimum Gasteiger partial charge on any atom is -0.495 e. The number of aromatic nitrogens is 2. The Hall–Kier alpha value is -2.39. The number of rotatable bonds is 6. The summed E-state index contributed by atoms with van der Waals surface area (Å²) in [5.41, 5.74) is 0.848. The van der Waals surface area contributed by atoms with Crippen molar-refractivity contribution < 1.29 is 22.6 Å². The number of nitrogens with zero attached hydrogens (tertiary/aromatic N) is 3. The Kier molecular flexibility index (Phi) is 5.28. The third-order valence-electron chi connectivity index (χ3n) is 4.15. The second-order valence-electron chi connectivity index (χ2n) is 5.92. The van der Waals surface area contributed by atoms with Gasteiger partial charge in [-0.1, -0.05) is 6.07 Å². The lowest BCUT2D eigenvalue weighted by Gasteiger charge is -2.19. The predicted octanol–water partition coefficient (Wildman–Crippen LogP) is 1.64. The summed E-state index contributed by atoms with van der Waals surface area (Å²) in [6, 6.07) is 5.10. The summed E-state index contributed by atoms with van der Waals surface area (Å²) in [5, 5.41) is 0. The van der Waals surface area contributed by atoms with Gasteiger partial charge in [0.2, 0.25) is 10.0 Å². The third kappa shape index (κ3) is 3.58.